The Morgan fingerprint density at radius 2 is 2.25 bits per heavy atom. The molecule has 1 aromatic rings. The van der Waals surface area contributed by atoms with Crippen LogP contribution in [0.4, 0.5) is 0 Å². The lowest BCUT2D eigenvalue weighted by molar-refractivity contribution is 0.140. The Morgan fingerprint density at radius 1 is 1.42 bits per heavy atom. The molecule has 0 saturated carbocycles. The van der Waals surface area contributed by atoms with Crippen LogP contribution in [0.3, 0.4) is 0 Å². The largest absolute Gasteiger partial charge is 0.461 e. The average molecular weight is 190 g/mol. The molecule has 66 valence electrons. The summed E-state index contributed by atoms with van der Waals surface area (Å²) in [6, 6.07) is 0.215. The van der Waals surface area contributed by atoms with E-state index in [-0.39, 0.29) is 11.3 Å². The lowest BCUT2D eigenvalue weighted by Crippen LogP contribution is -2.06. The maximum atomic E-state index is 5.48. The van der Waals surface area contributed by atoms with Crippen LogP contribution in [0.5, 0.6) is 6.01 Å². The molecule has 0 atom stereocenters. The van der Waals surface area contributed by atoms with Gasteiger partial charge in [-0.05, 0) is 11.6 Å². The lowest BCUT2D eigenvalue weighted by Gasteiger charge is -2.01. The highest BCUT2D eigenvalue weighted by Crippen LogP contribution is 2.03. The van der Waals surface area contributed by atoms with Gasteiger partial charge in [-0.15, -0.1) is 0 Å². The maximum absolute atomic E-state index is 5.48. The smallest absolute Gasteiger partial charge is 0.320 e. The maximum Gasteiger partial charge on any atom is 0.320 e. The number of hydrogen-bond acceptors (Lipinski definition) is 5. The molecule has 0 spiro atoms. The molecule has 5 nitrogen and oxygen atoms in total. The summed E-state index contributed by atoms with van der Waals surface area (Å²) >= 11 is 5.48. The van der Waals surface area contributed by atoms with Crippen LogP contribution in [0.1, 0.15) is 0 Å². The van der Waals surface area contributed by atoms with E-state index in [4.69, 9.17) is 21.1 Å². The van der Waals surface area contributed by atoms with Crippen LogP contribution in [-0.2, 0) is 4.74 Å². The number of halogens is 1. The van der Waals surface area contributed by atoms with Crippen molar-refractivity contribution in [1.29, 1.82) is 0 Å². The molecule has 0 N–H and O–H groups in total. The topological polar surface area (TPSA) is 57.1 Å². The van der Waals surface area contributed by atoms with Crippen LogP contribution in [-0.4, -0.2) is 35.3 Å². The van der Waals surface area contributed by atoms with Crippen LogP contribution >= 0.6 is 11.6 Å². The lowest BCUT2D eigenvalue weighted by atomic mass is 10.8. The van der Waals surface area contributed by atoms with E-state index in [9.17, 15) is 0 Å². The second-order valence-electron chi connectivity index (χ2n) is 1.88. The first-order chi connectivity index (χ1) is 5.83. The van der Waals surface area contributed by atoms with Gasteiger partial charge in [-0.1, -0.05) is 0 Å². The molecular weight excluding hydrogens is 182 g/mol. The van der Waals surface area contributed by atoms with Crippen LogP contribution in [0, 0.1) is 0 Å². The molecular formula is C6H8ClN3O2. The molecule has 0 amide bonds. The van der Waals surface area contributed by atoms with Crippen molar-refractivity contribution in [3.05, 3.63) is 11.6 Å². The Bertz CT molecular complexity index is 246. The van der Waals surface area contributed by atoms with Gasteiger partial charge in [0.25, 0.3) is 0 Å². The molecule has 0 radical (unpaired) electrons. The summed E-state index contributed by atoms with van der Waals surface area (Å²) in [6.45, 7) is 0.889. The number of methoxy groups -OCH3 is 1. The van der Waals surface area contributed by atoms with E-state index in [1.807, 2.05) is 0 Å². The first-order valence-corrected chi connectivity index (χ1v) is 3.67. The van der Waals surface area contributed by atoms with Crippen molar-refractivity contribution in [1.82, 2.24) is 15.0 Å². The van der Waals surface area contributed by atoms with Gasteiger partial charge in [0.05, 0.1) is 6.61 Å². The van der Waals surface area contributed by atoms with E-state index < -0.39 is 0 Å². The Kier molecular flexibility index (Phi) is 3.69. The zero-order valence-electron chi connectivity index (χ0n) is 6.53. The summed E-state index contributed by atoms with van der Waals surface area (Å²) in [5, 5.41) is 0.123. The molecule has 0 bridgehead atoms. The molecule has 0 fully saturated rings. The van der Waals surface area contributed by atoms with E-state index in [0.29, 0.717) is 13.2 Å². The molecule has 0 saturated heterocycles. The van der Waals surface area contributed by atoms with Crippen molar-refractivity contribution in [2.75, 3.05) is 20.3 Å². The van der Waals surface area contributed by atoms with Crippen LogP contribution in [0.2, 0.25) is 5.28 Å². The van der Waals surface area contributed by atoms with Crippen LogP contribution < -0.4 is 4.74 Å². The minimum atomic E-state index is 0.123. The summed E-state index contributed by atoms with van der Waals surface area (Å²) in [7, 11) is 1.59. The third-order valence-corrected chi connectivity index (χ3v) is 1.22. The molecule has 1 aromatic heterocycles. The van der Waals surface area contributed by atoms with Gasteiger partial charge in [-0.25, -0.2) is 4.98 Å². The number of nitrogens with zero attached hydrogens (tertiary/aromatic N) is 3. The third kappa shape index (κ3) is 2.98. The summed E-state index contributed by atoms with van der Waals surface area (Å²) < 4.78 is 9.82. The fourth-order valence-electron chi connectivity index (χ4n) is 0.548. The standard InChI is InChI=1S/C6H8ClN3O2/c1-11-2-3-12-6-9-4-8-5(7)10-6/h4H,2-3H2,1H3. The first kappa shape index (κ1) is 9.15. The molecule has 0 unspecified atom stereocenters. The summed E-state index contributed by atoms with van der Waals surface area (Å²) in [5.41, 5.74) is 0. The van der Waals surface area contributed by atoms with Gasteiger partial charge in [0.1, 0.15) is 12.9 Å². The number of ether oxygens (including phenoxy) is 2. The van der Waals surface area contributed by atoms with Gasteiger partial charge in [0.15, 0.2) is 0 Å². The molecule has 0 aliphatic carbocycles. The molecule has 1 rings (SSSR count). The van der Waals surface area contributed by atoms with Crippen molar-refractivity contribution in [3.63, 3.8) is 0 Å². The van der Waals surface area contributed by atoms with E-state index in [0.717, 1.165) is 0 Å². The fourth-order valence-corrected chi connectivity index (χ4v) is 0.664. The minimum Gasteiger partial charge on any atom is -0.461 e. The van der Waals surface area contributed by atoms with Crippen LogP contribution in [0.15, 0.2) is 6.33 Å². The van der Waals surface area contributed by atoms with Crippen molar-refractivity contribution in [3.8, 4) is 6.01 Å². The molecule has 1 heterocycles. The quantitative estimate of drug-likeness (QED) is 0.648. The van der Waals surface area contributed by atoms with Gasteiger partial charge in [0, 0.05) is 7.11 Å². The van der Waals surface area contributed by atoms with Gasteiger partial charge in [0.2, 0.25) is 5.28 Å². The first-order valence-electron chi connectivity index (χ1n) is 3.29. The third-order valence-electron chi connectivity index (χ3n) is 1.04. The average Bonchev–Trinajstić information content (AvgIpc) is 2.05. The molecule has 0 aromatic carbocycles. The van der Waals surface area contributed by atoms with E-state index >= 15 is 0 Å². The summed E-state index contributed by atoms with van der Waals surface area (Å²) in [6.07, 6.45) is 1.29. The van der Waals surface area contributed by atoms with Gasteiger partial charge in [-0.2, -0.15) is 9.97 Å². The van der Waals surface area contributed by atoms with Gasteiger partial charge < -0.3 is 9.47 Å². The van der Waals surface area contributed by atoms with Gasteiger partial charge in [-0.3, -0.25) is 0 Å². The molecule has 12 heavy (non-hydrogen) atoms. The van der Waals surface area contributed by atoms with Crippen LogP contribution in [0.25, 0.3) is 0 Å². The number of hydrogen-bond donors (Lipinski definition) is 0. The van der Waals surface area contributed by atoms with Crippen molar-refractivity contribution in [2.45, 2.75) is 0 Å². The predicted molar refractivity (Wildman–Crippen MR) is 42.2 cm³/mol. The monoisotopic (exact) mass is 189 g/mol. The number of aromatic nitrogens is 3. The predicted octanol–water partition coefficient (Wildman–Crippen LogP) is 0.550. The van der Waals surface area contributed by atoms with Gasteiger partial charge >= 0.3 is 6.01 Å². The summed E-state index contributed by atoms with van der Waals surface area (Å²) in [4.78, 5) is 11.0. The fraction of sp³-hybridized carbons (Fsp3) is 0.500. The SMILES string of the molecule is COCCOc1ncnc(Cl)n1. The highest BCUT2D eigenvalue weighted by Gasteiger charge is 1.97. The zero-order chi connectivity index (χ0) is 8.81. The Hall–Kier alpha value is -0.940. The highest BCUT2D eigenvalue weighted by molar-refractivity contribution is 6.28. The van der Waals surface area contributed by atoms with E-state index in [1.54, 1.807) is 7.11 Å². The minimum absolute atomic E-state index is 0.123. The summed E-state index contributed by atoms with van der Waals surface area (Å²) in [5.74, 6) is 0. The van der Waals surface area contributed by atoms with Crippen molar-refractivity contribution in [2.24, 2.45) is 0 Å². The zero-order valence-corrected chi connectivity index (χ0v) is 7.28. The van der Waals surface area contributed by atoms with E-state index in [2.05, 4.69) is 15.0 Å². The highest BCUT2D eigenvalue weighted by atomic mass is 35.5. The molecule has 0 aliphatic rings. The normalized spacial score (nSPS) is 9.83. The Morgan fingerprint density at radius 3 is 2.92 bits per heavy atom. The molecule has 6 heteroatoms. The van der Waals surface area contributed by atoms with Crippen molar-refractivity contribution >= 4 is 11.6 Å². The second-order valence-corrected chi connectivity index (χ2v) is 2.22. The Labute approximate surface area is 74.7 Å². The second kappa shape index (κ2) is 4.84. The van der Waals surface area contributed by atoms with Crippen molar-refractivity contribution < 1.29 is 9.47 Å². The molecule has 0 aliphatic heterocycles. The Balaban J connectivity index is 2.41. The number of rotatable bonds is 4. The van der Waals surface area contributed by atoms with E-state index in [1.165, 1.54) is 6.33 Å².